The number of amides is 1. The number of nitrogens with one attached hydrogen (secondary N) is 1. The number of methoxy groups -OCH3 is 1. The Balaban J connectivity index is 2.32. The van der Waals surface area contributed by atoms with E-state index in [2.05, 4.69) is 10.3 Å². The fourth-order valence-corrected chi connectivity index (χ4v) is 1.88. The Bertz CT molecular complexity index is 662. The molecule has 0 aliphatic carbocycles. The number of carbonyl (C=O) groups is 1. The van der Waals surface area contributed by atoms with E-state index < -0.39 is 11.7 Å². The zero-order chi connectivity index (χ0) is 14.7. The van der Waals surface area contributed by atoms with Crippen molar-refractivity contribution in [2.75, 3.05) is 12.4 Å². The first-order valence-corrected chi connectivity index (χ1v) is 6.16. The third kappa shape index (κ3) is 3.05. The largest absolute Gasteiger partial charge is 0.495 e. The van der Waals surface area contributed by atoms with Gasteiger partial charge in [0, 0.05) is 0 Å². The molecule has 4 nitrogen and oxygen atoms in total. The Morgan fingerprint density at radius 1 is 1.40 bits per heavy atom. The number of ether oxygens (including phenoxy) is 1. The molecule has 1 aromatic heterocycles. The Morgan fingerprint density at radius 3 is 2.85 bits per heavy atom. The second kappa shape index (κ2) is 5.88. The standard InChI is InChI=1S/C14H12ClFN2O2/c1-8-3-4-12(20-2)11(5-8)18-14(19)10-6-9(16)7-17-13(10)15/h3-7H,1-2H3,(H,18,19). The SMILES string of the molecule is COc1ccc(C)cc1NC(=O)c1cc(F)cnc1Cl. The van der Waals surface area contributed by atoms with E-state index in [1.54, 1.807) is 12.1 Å². The van der Waals surface area contributed by atoms with E-state index in [1.165, 1.54) is 7.11 Å². The van der Waals surface area contributed by atoms with Crippen molar-refractivity contribution in [2.24, 2.45) is 0 Å². The van der Waals surface area contributed by atoms with Gasteiger partial charge in [-0.05, 0) is 30.7 Å². The fourth-order valence-electron chi connectivity index (χ4n) is 1.69. The predicted octanol–water partition coefficient (Wildman–Crippen LogP) is 3.44. The lowest BCUT2D eigenvalue weighted by Gasteiger charge is -2.11. The maximum absolute atomic E-state index is 13.1. The first-order valence-electron chi connectivity index (χ1n) is 5.78. The molecule has 0 saturated heterocycles. The van der Waals surface area contributed by atoms with Gasteiger partial charge in [-0.15, -0.1) is 0 Å². The van der Waals surface area contributed by atoms with Crippen molar-refractivity contribution >= 4 is 23.2 Å². The minimum atomic E-state index is -0.629. The second-order valence-electron chi connectivity index (χ2n) is 4.15. The smallest absolute Gasteiger partial charge is 0.259 e. The molecule has 0 aliphatic heterocycles. The van der Waals surface area contributed by atoms with Crippen molar-refractivity contribution in [3.05, 3.63) is 52.6 Å². The quantitative estimate of drug-likeness (QED) is 0.882. The number of pyridine rings is 1. The van der Waals surface area contributed by atoms with E-state index in [4.69, 9.17) is 16.3 Å². The number of hydrogen-bond donors (Lipinski definition) is 1. The van der Waals surface area contributed by atoms with Crippen molar-refractivity contribution in [1.29, 1.82) is 0 Å². The molecule has 0 fully saturated rings. The predicted molar refractivity (Wildman–Crippen MR) is 74.9 cm³/mol. The normalized spacial score (nSPS) is 10.2. The number of hydrogen-bond acceptors (Lipinski definition) is 3. The van der Waals surface area contributed by atoms with Gasteiger partial charge in [0.1, 0.15) is 16.7 Å². The van der Waals surface area contributed by atoms with Gasteiger partial charge in [0.15, 0.2) is 0 Å². The van der Waals surface area contributed by atoms with Gasteiger partial charge in [0.2, 0.25) is 0 Å². The molecule has 1 amide bonds. The molecule has 1 aromatic carbocycles. The van der Waals surface area contributed by atoms with Crippen LogP contribution < -0.4 is 10.1 Å². The van der Waals surface area contributed by atoms with Crippen LogP contribution in [0, 0.1) is 12.7 Å². The third-order valence-corrected chi connectivity index (χ3v) is 2.95. The van der Waals surface area contributed by atoms with Crippen LogP contribution in [0.1, 0.15) is 15.9 Å². The molecule has 104 valence electrons. The van der Waals surface area contributed by atoms with Crippen molar-refractivity contribution in [2.45, 2.75) is 6.92 Å². The summed E-state index contributed by atoms with van der Waals surface area (Å²) in [7, 11) is 1.50. The molecule has 1 heterocycles. The van der Waals surface area contributed by atoms with E-state index in [9.17, 15) is 9.18 Å². The molecule has 0 saturated carbocycles. The van der Waals surface area contributed by atoms with Crippen LogP contribution in [0.5, 0.6) is 5.75 Å². The van der Waals surface area contributed by atoms with Gasteiger partial charge in [-0.3, -0.25) is 4.79 Å². The minimum absolute atomic E-state index is 0.0322. The number of halogens is 2. The number of aromatic nitrogens is 1. The summed E-state index contributed by atoms with van der Waals surface area (Å²) in [5, 5.41) is 2.57. The zero-order valence-electron chi connectivity index (χ0n) is 10.9. The van der Waals surface area contributed by atoms with Crippen LogP contribution in [-0.4, -0.2) is 18.0 Å². The maximum Gasteiger partial charge on any atom is 0.259 e. The van der Waals surface area contributed by atoms with E-state index in [0.29, 0.717) is 11.4 Å². The number of nitrogens with zero attached hydrogens (tertiary/aromatic N) is 1. The third-order valence-electron chi connectivity index (χ3n) is 2.65. The summed E-state index contributed by atoms with van der Waals surface area (Å²) < 4.78 is 18.3. The van der Waals surface area contributed by atoms with Crippen LogP contribution in [0.15, 0.2) is 30.5 Å². The lowest BCUT2D eigenvalue weighted by molar-refractivity contribution is 0.102. The number of benzene rings is 1. The average molecular weight is 295 g/mol. The Labute approximate surface area is 120 Å². The van der Waals surface area contributed by atoms with E-state index in [1.807, 2.05) is 13.0 Å². The van der Waals surface area contributed by atoms with Gasteiger partial charge < -0.3 is 10.1 Å². The van der Waals surface area contributed by atoms with E-state index in [0.717, 1.165) is 17.8 Å². The van der Waals surface area contributed by atoms with Gasteiger partial charge in [-0.2, -0.15) is 0 Å². The first kappa shape index (κ1) is 14.3. The van der Waals surface area contributed by atoms with Gasteiger partial charge in [0.25, 0.3) is 5.91 Å². The Kier molecular flexibility index (Phi) is 4.20. The summed E-state index contributed by atoms with van der Waals surface area (Å²) in [6.45, 7) is 1.88. The summed E-state index contributed by atoms with van der Waals surface area (Å²) in [6, 6.07) is 6.37. The summed E-state index contributed by atoms with van der Waals surface area (Å²) in [6.07, 6.45) is 0.951. The number of carbonyl (C=O) groups excluding carboxylic acids is 1. The van der Waals surface area contributed by atoms with E-state index in [-0.39, 0.29) is 10.7 Å². The van der Waals surface area contributed by atoms with Crippen LogP contribution in [0.3, 0.4) is 0 Å². The molecule has 6 heteroatoms. The van der Waals surface area contributed by atoms with Crippen LogP contribution in [0.25, 0.3) is 0 Å². The minimum Gasteiger partial charge on any atom is -0.495 e. The highest BCUT2D eigenvalue weighted by atomic mass is 35.5. The van der Waals surface area contributed by atoms with Crippen LogP contribution in [0.4, 0.5) is 10.1 Å². The molecule has 0 radical (unpaired) electrons. The molecule has 2 aromatic rings. The molecule has 2 rings (SSSR count). The van der Waals surface area contributed by atoms with Crippen LogP contribution in [-0.2, 0) is 0 Å². The number of rotatable bonds is 3. The molecule has 20 heavy (non-hydrogen) atoms. The first-order chi connectivity index (χ1) is 9.51. The molecular weight excluding hydrogens is 283 g/mol. The number of anilines is 1. The Morgan fingerprint density at radius 2 is 2.15 bits per heavy atom. The Hall–Kier alpha value is -2.14. The maximum atomic E-state index is 13.1. The lowest BCUT2D eigenvalue weighted by atomic mass is 10.2. The van der Waals surface area contributed by atoms with Crippen molar-refractivity contribution in [3.63, 3.8) is 0 Å². The van der Waals surface area contributed by atoms with Gasteiger partial charge in [-0.25, -0.2) is 9.37 Å². The van der Waals surface area contributed by atoms with Gasteiger partial charge in [-0.1, -0.05) is 17.7 Å². The average Bonchev–Trinajstić information content (AvgIpc) is 2.41. The highest BCUT2D eigenvalue weighted by Gasteiger charge is 2.15. The number of aryl methyl sites for hydroxylation is 1. The van der Waals surface area contributed by atoms with Crippen LogP contribution in [0.2, 0.25) is 5.15 Å². The molecule has 0 atom stereocenters. The lowest BCUT2D eigenvalue weighted by Crippen LogP contribution is -2.14. The van der Waals surface area contributed by atoms with Gasteiger partial charge in [0.05, 0.1) is 24.6 Å². The fraction of sp³-hybridized carbons (Fsp3) is 0.143. The highest BCUT2D eigenvalue weighted by molar-refractivity contribution is 6.33. The molecular formula is C14H12ClFN2O2. The van der Waals surface area contributed by atoms with Gasteiger partial charge >= 0.3 is 0 Å². The molecule has 0 aliphatic rings. The van der Waals surface area contributed by atoms with Crippen molar-refractivity contribution in [3.8, 4) is 5.75 Å². The summed E-state index contributed by atoms with van der Waals surface area (Å²) >= 11 is 5.79. The highest BCUT2D eigenvalue weighted by Crippen LogP contribution is 2.26. The van der Waals surface area contributed by atoms with Crippen LogP contribution >= 0.6 is 11.6 Å². The van der Waals surface area contributed by atoms with E-state index >= 15 is 0 Å². The molecule has 0 bridgehead atoms. The summed E-state index contributed by atoms with van der Waals surface area (Å²) in [5.41, 5.74) is 1.40. The summed E-state index contributed by atoms with van der Waals surface area (Å²) in [5.74, 6) is -0.675. The topological polar surface area (TPSA) is 51.2 Å². The molecule has 1 N–H and O–H groups in total. The van der Waals surface area contributed by atoms with Crippen molar-refractivity contribution in [1.82, 2.24) is 4.98 Å². The monoisotopic (exact) mass is 294 g/mol. The molecule has 0 unspecified atom stereocenters. The zero-order valence-corrected chi connectivity index (χ0v) is 11.7. The van der Waals surface area contributed by atoms with Crippen molar-refractivity contribution < 1.29 is 13.9 Å². The molecule has 0 spiro atoms. The summed E-state index contributed by atoms with van der Waals surface area (Å²) in [4.78, 5) is 15.7. The second-order valence-corrected chi connectivity index (χ2v) is 4.51.